The highest BCUT2D eigenvalue weighted by Gasteiger charge is 2.28. The first-order valence-corrected chi connectivity index (χ1v) is 7.94. The third-order valence-electron chi connectivity index (χ3n) is 2.60. The second-order valence-electron chi connectivity index (χ2n) is 4.86. The van der Waals surface area contributed by atoms with Gasteiger partial charge in [0.05, 0.1) is 11.8 Å². The Bertz CT molecular complexity index is 619. The van der Waals surface area contributed by atoms with E-state index in [9.17, 15) is 18.0 Å². The number of carboxylic acids is 1. The molecule has 0 unspecified atom stereocenters. The van der Waals surface area contributed by atoms with Crippen LogP contribution in [-0.2, 0) is 26.0 Å². The first kappa shape index (κ1) is 16.6. The van der Waals surface area contributed by atoms with Crippen molar-refractivity contribution < 1.29 is 23.1 Å². The molecule has 0 saturated carbocycles. The maximum atomic E-state index is 12.0. The highest BCUT2D eigenvalue weighted by molar-refractivity contribution is 7.91. The highest BCUT2D eigenvalue weighted by atomic mass is 32.2. The number of hydrogen-bond acceptors (Lipinski definition) is 5. The van der Waals surface area contributed by atoms with E-state index in [1.165, 1.54) is 26.0 Å². The molecule has 0 fully saturated rings. The molecule has 0 aliphatic rings. The Kier molecular flexibility index (Phi) is 4.90. The van der Waals surface area contributed by atoms with Crippen molar-refractivity contribution in [2.45, 2.75) is 24.5 Å². The van der Waals surface area contributed by atoms with E-state index >= 15 is 0 Å². The highest BCUT2D eigenvalue weighted by Crippen LogP contribution is 2.23. The van der Waals surface area contributed by atoms with Gasteiger partial charge < -0.3 is 10.8 Å². The number of aliphatic carboxylic acids is 1. The first-order valence-electron chi connectivity index (χ1n) is 5.65. The van der Waals surface area contributed by atoms with Crippen LogP contribution >= 0.6 is 11.3 Å². The maximum absolute atomic E-state index is 12.0. The van der Waals surface area contributed by atoms with Crippen molar-refractivity contribution >= 4 is 33.2 Å². The normalized spacial score (nSPS) is 12.3. The average molecular weight is 320 g/mol. The van der Waals surface area contributed by atoms with Crippen molar-refractivity contribution in [3.63, 3.8) is 0 Å². The quantitative estimate of drug-likeness (QED) is 0.660. The molecule has 112 valence electrons. The SMILES string of the molecule is CC(C)(CNS(=O)(=O)c1ccc(CC(=O)O)s1)C(N)=O. The van der Waals surface area contributed by atoms with Crippen LogP contribution in [0, 0.1) is 5.41 Å². The van der Waals surface area contributed by atoms with Gasteiger partial charge in [-0.05, 0) is 26.0 Å². The minimum Gasteiger partial charge on any atom is -0.481 e. The van der Waals surface area contributed by atoms with Gasteiger partial charge in [0.2, 0.25) is 15.9 Å². The molecular weight excluding hydrogens is 304 g/mol. The zero-order valence-corrected chi connectivity index (χ0v) is 12.7. The number of sulfonamides is 1. The van der Waals surface area contributed by atoms with Crippen LogP contribution in [0.5, 0.6) is 0 Å². The van der Waals surface area contributed by atoms with Gasteiger partial charge in [0.15, 0.2) is 0 Å². The van der Waals surface area contributed by atoms with Gasteiger partial charge in [-0.2, -0.15) is 0 Å². The molecule has 9 heteroatoms. The molecule has 7 nitrogen and oxygen atoms in total. The van der Waals surface area contributed by atoms with Crippen molar-refractivity contribution in [1.29, 1.82) is 0 Å². The third kappa shape index (κ3) is 4.29. The summed E-state index contributed by atoms with van der Waals surface area (Å²) in [6.07, 6.45) is -0.229. The minimum atomic E-state index is -3.77. The zero-order chi connectivity index (χ0) is 15.6. The van der Waals surface area contributed by atoms with E-state index < -0.39 is 27.3 Å². The Labute approximate surface area is 120 Å². The molecule has 0 aromatic carbocycles. The number of rotatable bonds is 7. The van der Waals surface area contributed by atoms with Gasteiger partial charge in [-0.15, -0.1) is 11.3 Å². The number of thiophene rings is 1. The monoisotopic (exact) mass is 320 g/mol. The van der Waals surface area contributed by atoms with Gasteiger partial charge in [0.25, 0.3) is 0 Å². The molecule has 0 radical (unpaired) electrons. The number of amides is 1. The van der Waals surface area contributed by atoms with Crippen LogP contribution in [-0.4, -0.2) is 31.9 Å². The Morgan fingerprint density at radius 3 is 2.50 bits per heavy atom. The van der Waals surface area contributed by atoms with E-state index in [1.54, 1.807) is 0 Å². The fourth-order valence-corrected chi connectivity index (χ4v) is 3.78. The van der Waals surface area contributed by atoms with Gasteiger partial charge >= 0.3 is 5.97 Å². The molecule has 0 aliphatic carbocycles. The molecule has 1 heterocycles. The van der Waals surface area contributed by atoms with Crippen LogP contribution in [0.25, 0.3) is 0 Å². The average Bonchev–Trinajstić information content (AvgIpc) is 2.75. The molecule has 1 rings (SSSR count). The Morgan fingerprint density at radius 1 is 1.40 bits per heavy atom. The summed E-state index contributed by atoms with van der Waals surface area (Å²) in [4.78, 5) is 22.1. The summed E-state index contributed by atoms with van der Waals surface area (Å²) >= 11 is 0.880. The summed E-state index contributed by atoms with van der Waals surface area (Å²) in [5.41, 5.74) is 4.16. The lowest BCUT2D eigenvalue weighted by atomic mass is 9.93. The molecule has 1 aromatic rings. The summed E-state index contributed by atoms with van der Waals surface area (Å²) in [5, 5.41) is 8.64. The third-order valence-corrected chi connectivity index (χ3v) is 5.58. The minimum absolute atomic E-state index is 0.00835. The standard InChI is InChI=1S/C11H16N2O5S2/c1-11(2,10(12)16)6-13-20(17,18)9-4-3-7(19-9)5-8(14)15/h3-4,13H,5-6H2,1-2H3,(H2,12,16)(H,14,15). The number of primary amides is 1. The van der Waals surface area contributed by atoms with E-state index in [0.29, 0.717) is 4.88 Å². The molecular formula is C11H16N2O5S2. The van der Waals surface area contributed by atoms with E-state index in [1.807, 2.05) is 0 Å². The van der Waals surface area contributed by atoms with Gasteiger partial charge in [-0.1, -0.05) is 0 Å². The van der Waals surface area contributed by atoms with E-state index in [0.717, 1.165) is 11.3 Å². The lowest BCUT2D eigenvalue weighted by Crippen LogP contribution is -2.42. The lowest BCUT2D eigenvalue weighted by Gasteiger charge is -2.20. The molecule has 1 amide bonds. The predicted molar refractivity (Wildman–Crippen MR) is 73.8 cm³/mol. The second kappa shape index (κ2) is 5.90. The van der Waals surface area contributed by atoms with Crippen molar-refractivity contribution in [3.8, 4) is 0 Å². The molecule has 20 heavy (non-hydrogen) atoms. The number of carbonyl (C=O) groups is 2. The van der Waals surface area contributed by atoms with E-state index in [2.05, 4.69) is 4.72 Å². The van der Waals surface area contributed by atoms with Gasteiger partial charge in [-0.25, -0.2) is 13.1 Å². The number of hydrogen-bond donors (Lipinski definition) is 3. The largest absolute Gasteiger partial charge is 0.481 e. The Morgan fingerprint density at radius 2 is 2.00 bits per heavy atom. The Balaban J connectivity index is 2.82. The predicted octanol–water partition coefficient (Wildman–Crippen LogP) is 0.165. The summed E-state index contributed by atoms with van der Waals surface area (Å²) < 4.78 is 26.3. The number of nitrogens with one attached hydrogen (secondary N) is 1. The first-order chi connectivity index (χ1) is 9.04. The molecule has 0 spiro atoms. The number of carbonyl (C=O) groups excluding carboxylic acids is 1. The van der Waals surface area contributed by atoms with Crippen LogP contribution in [0.4, 0.5) is 0 Å². The molecule has 0 atom stereocenters. The molecule has 0 bridgehead atoms. The van der Waals surface area contributed by atoms with Crippen LogP contribution in [0.2, 0.25) is 0 Å². The van der Waals surface area contributed by atoms with Gasteiger partial charge in [0.1, 0.15) is 4.21 Å². The summed E-state index contributed by atoms with van der Waals surface area (Å²) in [5.74, 6) is -1.64. The molecule has 0 aliphatic heterocycles. The van der Waals surface area contributed by atoms with Crippen LogP contribution in [0.3, 0.4) is 0 Å². The molecule has 0 saturated heterocycles. The van der Waals surface area contributed by atoms with Crippen LogP contribution in [0.1, 0.15) is 18.7 Å². The summed E-state index contributed by atoms with van der Waals surface area (Å²) in [6, 6.07) is 2.79. The zero-order valence-electron chi connectivity index (χ0n) is 11.0. The van der Waals surface area contributed by atoms with Gasteiger partial charge in [0, 0.05) is 11.4 Å². The number of nitrogens with two attached hydrogens (primary N) is 1. The second-order valence-corrected chi connectivity index (χ2v) is 8.03. The van der Waals surface area contributed by atoms with Crippen molar-refractivity contribution in [1.82, 2.24) is 4.72 Å². The fraction of sp³-hybridized carbons (Fsp3) is 0.455. The van der Waals surface area contributed by atoms with Crippen LogP contribution in [0.15, 0.2) is 16.3 Å². The van der Waals surface area contributed by atoms with E-state index in [-0.39, 0.29) is 17.2 Å². The maximum Gasteiger partial charge on any atom is 0.308 e. The van der Waals surface area contributed by atoms with Crippen molar-refractivity contribution in [2.75, 3.05) is 6.54 Å². The Hall–Kier alpha value is -1.45. The smallest absolute Gasteiger partial charge is 0.308 e. The van der Waals surface area contributed by atoms with Crippen molar-refractivity contribution in [3.05, 3.63) is 17.0 Å². The lowest BCUT2D eigenvalue weighted by molar-refractivity contribution is -0.136. The summed E-state index contributed by atoms with van der Waals surface area (Å²) in [6.45, 7) is 2.93. The van der Waals surface area contributed by atoms with E-state index in [4.69, 9.17) is 10.8 Å². The summed E-state index contributed by atoms with van der Waals surface area (Å²) in [7, 11) is -3.77. The fourth-order valence-electron chi connectivity index (χ4n) is 1.18. The van der Waals surface area contributed by atoms with Crippen LogP contribution < -0.4 is 10.5 Å². The number of carboxylic acid groups (broad SMARTS) is 1. The molecule has 1 aromatic heterocycles. The topological polar surface area (TPSA) is 127 Å². The van der Waals surface area contributed by atoms with Gasteiger partial charge in [-0.3, -0.25) is 9.59 Å². The molecule has 4 N–H and O–H groups in total. The van der Waals surface area contributed by atoms with Crippen molar-refractivity contribution in [2.24, 2.45) is 11.1 Å².